The third-order valence-corrected chi connectivity index (χ3v) is 6.94. The molecule has 0 unspecified atom stereocenters. The first kappa shape index (κ1) is 21.6. The number of para-hydroxylation sites is 1. The fourth-order valence-electron chi connectivity index (χ4n) is 4.22. The number of carbonyl (C=O) groups is 1. The van der Waals surface area contributed by atoms with Crippen molar-refractivity contribution in [2.75, 3.05) is 12.3 Å². The fraction of sp³-hybridized carbons (Fsp3) is 0.308. The number of carbonyl (C=O) groups excluding carboxylic acids is 1. The van der Waals surface area contributed by atoms with Gasteiger partial charge in [-0.05, 0) is 51.2 Å². The molecule has 4 aromatic rings. The lowest BCUT2D eigenvalue weighted by Crippen LogP contribution is -2.26. The normalized spacial score (nSPS) is 13.9. The minimum atomic E-state index is 0.0128. The molecular formula is C26H27N5OS. The van der Waals surface area contributed by atoms with Crippen molar-refractivity contribution in [2.45, 2.75) is 44.2 Å². The fourth-order valence-corrected chi connectivity index (χ4v) is 4.99. The van der Waals surface area contributed by atoms with Crippen molar-refractivity contribution in [2.24, 2.45) is 0 Å². The second kappa shape index (κ2) is 9.75. The molecule has 7 heteroatoms. The Balaban J connectivity index is 1.38. The van der Waals surface area contributed by atoms with Gasteiger partial charge >= 0.3 is 0 Å². The number of hydrogen-bond acceptors (Lipinski definition) is 5. The second-order valence-corrected chi connectivity index (χ2v) is 9.40. The number of aryl methyl sites for hydroxylation is 1. The van der Waals surface area contributed by atoms with Gasteiger partial charge in [0.2, 0.25) is 5.91 Å². The van der Waals surface area contributed by atoms with Gasteiger partial charge in [-0.15, -0.1) is 10.2 Å². The van der Waals surface area contributed by atoms with Crippen molar-refractivity contribution < 1.29 is 4.79 Å². The SMILES string of the molecule is Cc1ccc(-c2nc3ccccc3c3nnc(SCC(=O)NCCC4=CCCCC4)n23)cc1. The molecule has 33 heavy (non-hydrogen) atoms. The van der Waals surface area contributed by atoms with Crippen LogP contribution in [0.2, 0.25) is 0 Å². The number of nitrogens with zero attached hydrogens (tertiary/aromatic N) is 4. The average molecular weight is 458 g/mol. The van der Waals surface area contributed by atoms with E-state index in [2.05, 4.69) is 52.8 Å². The molecule has 1 aliphatic rings. The van der Waals surface area contributed by atoms with Gasteiger partial charge < -0.3 is 5.32 Å². The number of allylic oxidation sites excluding steroid dienone is 1. The number of nitrogens with one attached hydrogen (secondary N) is 1. The summed E-state index contributed by atoms with van der Waals surface area (Å²) >= 11 is 1.39. The summed E-state index contributed by atoms with van der Waals surface area (Å²) in [5.41, 5.74) is 5.28. The van der Waals surface area contributed by atoms with Crippen molar-refractivity contribution in [3.63, 3.8) is 0 Å². The van der Waals surface area contributed by atoms with Crippen molar-refractivity contribution >= 4 is 34.2 Å². The number of rotatable bonds is 7. The molecule has 168 valence electrons. The van der Waals surface area contributed by atoms with Gasteiger partial charge in [0.1, 0.15) is 5.82 Å². The molecule has 0 spiro atoms. The molecule has 5 rings (SSSR count). The molecule has 0 atom stereocenters. The Morgan fingerprint density at radius 3 is 2.76 bits per heavy atom. The summed E-state index contributed by atoms with van der Waals surface area (Å²) in [6.45, 7) is 2.75. The van der Waals surface area contributed by atoms with E-state index in [0.717, 1.165) is 34.4 Å². The number of benzene rings is 2. The van der Waals surface area contributed by atoms with Crippen molar-refractivity contribution in [3.05, 3.63) is 65.7 Å². The summed E-state index contributed by atoms with van der Waals surface area (Å²) in [7, 11) is 0. The van der Waals surface area contributed by atoms with E-state index in [0.29, 0.717) is 17.5 Å². The third kappa shape index (κ3) is 4.78. The Kier molecular flexibility index (Phi) is 6.39. The molecule has 1 amide bonds. The summed E-state index contributed by atoms with van der Waals surface area (Å²) < 4.78 is 1.97. The van der Waals surface area contributed by atoms with Gasteiger partial charge in [0.05, 0.1) is 11.3 Å². The smallest absolute Gasteiger partial charge is 0.230 e. The van der Waals surface area contributed by atoms with Crippen LogP contribution >= 0.6 is 11.8 Å². The zero-order valence-corrected chi connectivity index (χ0v) is 19.6. The highest BCUT2D eigenvalue weighted by molar-refractivity contribution is 7.99. The van der Waals surface area contributed by atoms with Gasteiger partial charge in [-0.1, -0.05) is 65.4 Å². The van der Waals surface area contributed by atoms with E-state index in [1.165, 1.54) is 48.6 Å². The maximum Gasteiger partial charge on any atom is 0.230 e. The second-order valence-electron chi connectivity index (χ2n) is 8.46. The largest absolute Gasteiger partial charge is 0.355 e. The average Bonchev–Trinajstić information content (AvgIpc) is 3.28. The van der Waals surface area contributed by atoms with Gasteiger partial charge in [0.15, 0.2) is 10.8 Å². The van der Waals surface area contributed by atoms with Crippen LogP contribution in [-0.2, 0) is 4.79 Å². The molecule has 0 aliphatic heterocycles. The van der Waals surface area contributed by atoms with Gasteiger partial charge in [-0.2, -0.15) is 0 Å². The van der Waals surface area contributed by atoms with Crippen molar-refractivity contribution in [1.82, 2.24) is 24.9 Å². The molecule has 6 nitrogen and oxygen atoms in total. The van der Waals surface area contributed by atoms with Crippen LogP contribution < -0.4 is 5.32 Å². The van der Waals surface area contributed by atoms with Crippen LogP contribution in [0.15, 0.2) is 65.3 Å². The molecule has 0 bridgehead atoms. The Morgan fingerprint density at radius 2 is 1.94 bits per heavy atom. The lowest BCUT2D eigenvalue weighted by Gasteiger charge is -2.13. The molecular weight excluding hydrogens is 430 g/mol. The van der Waals surface area contributed by atoms with E-state index in [1.54, 1.807) is 0 Å². The van der Waals surface area contributed by atoms with Crippen LogP contribution in [0.4, 0.5) is 0 Å². The van der Waals surface area contributed by atoms with Crippen LogP contribution in [0.25, 0.3) is 27.9 Å². The number of fused-ring (bicyclic) bond motifs is 3. The van der Waals surface area contributed by atoms with Crippen molar-refractivity contribution in [3.8, 4) is 11.4 Å². The van der Waals surface area contributed by atoms with E-state index < -0.39 is 0 Å². The zero-order chi connectivity index (χ0) is 22.6. The summed E-state index contributed by atoms with van der Waals surface area (Å²) in [5, 5.41) is 13.5. The predicted octanol–water partition coefficient (Wildman–Crippen LogP) is 5.35. The lowest BCUT2D eigenvalue weighted by atomic mass is 9.97. The highest BCUT2D eigenvalue weighted by Crippen LogP contribution is 2.29. The molecule has 0 fully saturated rings. The Bertz CT molecular complexity index is 1330. The molecule has 2 aromatic heterocycles. The van der Waals surface area contributed by atoms with Crippen LogP contribution in [0.5, 0.6) is 0 Å². The first-order valence-electron chi connectivity index (χ1n) is 11.5. The first-order chi connectivity index (χ1) is 16.2. The maximum atomic E-state index is 12.5. The molecule has 1 N–H and O–H groups in total. The van der Waals surface area contributed by atoms with E-state index in [1.807, 2.05) is 28.7 Å². The molecule has 2 heterocycles. The number of thioether (sulfide) groups is 1. The van der Waals surface area contributed by atoms with E-state index >= 15 is 0 Å². The quantitative estimate of drug-likeness (QED) is 0.299. The van der Waals surface area contributed by atoms with Crippen LogP contribution in [0.3, 0.4) is 0 Å². The molecule has 0 radical (unpaired) electrons. The third-order valence-electron chi connectivity index (χ3n) is 6.01. The van der Waals surface area contributed by atoms with Gasteiger partial charge in [-0.25, -0.2) is 4.98 Å². The first-order valence-corrected chi connectivity index (χ1v) is 12.5. The molecule has 2 aromatic carbocycles. The molecule has 0 saturated heterocycles. The minimum Gasteiger partial charge on any atom is -0.355 e. The van der Waals surface area contributed by atoms with Gasteiger partial charge in [0.25, 0.3) is 0 Å². The lowest BCUT2D eigenvalue weighted by molar-refractivity contribution is -0.118. The van der Waals surface area contributed by atoms with Crippen LogP contribution in [0.1, 0.15) is 37.7 Å². The standard InChI is InChI=1S/C26H27N5OS/c1-18-11-13-20(14-12-18)24-28-22-10-6-5-9-21(22)25-29-30-26(31(24)25)33-17-23(32)27-16-15-19-7-3-2-4-8-19/h5-7,9-14H,2-4,8,15-17H2,1H3,(H,27,32). The monoisotopic (exact) mass is 457 g/mol. The van der Waals surface area contributed by atoms with E-state index in [9.17, 15) is 4.79 Å². The maximum absolute atomic E-state index is 12.5. The molecule has 1 aliphatic carbocycles. The highest BCUT2D eigenvalue weighted by atomic mass is 32.2. The zero-order valence-electron chi connectivity index (χ0n) is 18.8. The van der Waals surface area contributed by atoms with Crippen molar-refractivity contribution in [1.29, 1.82) is 0 Å². The number of aromatic nitrogens is 4. The Labute approximate surface area is 197 Å². The van der Waals surface area contributed by atoms with Gasteiger partial charge in [0, 0.05) is 17.5 Å². The number of hydrogen-bond donors (Lipinski definition) is 1. The van der Waals surface area contributed by atoms with E-state index in [-0.39, 0.29) is 5.91 Å². The van der Waals surface area contributed by atoms with Gasteiger partial charge in [-0.3, -0.25) is 9.20 Å². The summed E-state index contributed by atoms with van der Waals surface area (Å²) in [6, 6.07) is 16.2. The summed E-state index contributed by atoms with van der Waals surface area (Å²) in [6.07, 6.45) is 8.16. The summed E-state index contributed by atoms with van der Waals surface area (Å²) in [4.78, 5) is 17.4. The molecule has 0 saturated carbocycles. The topological polar surface area (TPSA) is 72.2 Å². The van der Waals surface area contributed by atoms with Crippen LogP contribution in [-0.4, -0.2) is 37.8 Å². The Morgan fingerprint density at radius 1 is 1.09 bits per heavy atom. The summed E-state index contributed by atoms with van der Waals surface area (Å²) in [5.74, 6) is 1.08. The van der Waals surface area contributed by atoms with E-state index in [4.69, 9.17) is 4.98 Å². The number of amides is 1. The Hall–Kier alpha value is -3.19. The minimum absolute atomic E-state index is 0.0128. The van der Waals surface area contributed by atoms with Crippen LogP contribution in [0, 0.1) is 6.92 Å². The highest BCUT2D eigenvalue weighted by Gasteiger charge is 2.17. The predicted molar refractivity (Wildman–Crippen MR) is 133 cm³/mol.